The summed E-state index contributed by atoms with van der Waals surface area (Å²) in [6.07, 6.45) is -1.07. The number of rotatable bonds is 0. The largest absolute Gasteiger partial charge is 0.443 e. The zero-order chi connectivity index (χ0) is 13.5. The fourth-order valence-electron chi connectivity index (χ4n) is 1.93. The van der Waals surface area contributed by atoms with Gasteiger partial charge in [0.15, 0.2) is 0 Å². The van der Waals surface area contributed by atoms with Crippen LogP contribution in [-0.4, -0.2) is 23.0 Å². The minimum Gasteiger partial charge on any atom is -0.443 e. The van der Waals surface area contributed by atoms with Gasteiger partial charge in [-0.25, -0.2) is 4.79 Å². The lowest BCUT2D eigenvalue weighted by atomic mass is 10.2. The van der Waals surface area contributed by atoms with E-state index >= 15 is 0 Å². The molecule has 0 bridgehead atoms. The number of nitrogens with zero attached hydrogens (tertiary/aromatic N) is 1. The number of carbonyl (C=O) groups excluding carboxylic acids is 1. The predicted octanol–water partition coefficient (Wildman–Crippen LogP) is 2.96. The van der Waals surface area contributed by atoms with E-state index in [0.717, 1.165) is 5.56 Å². The number of fused-ring (bicyclic) bond motifs is 1. The first-order chi connectivity index (χ1) is 8.28. The van der Waals surface area contributed by atoms with Gasteiger partial charge in [0, 0.05) is 11.4 Å². The van der Waals surface area contributed by atoms with Gasteiger partial charge in [0.05, 0.1) is 5.69 Å². The monoisotopic (exact) mass is 269 g/mol. The number of benzene rings is 1. The molecule has 4 nitrogen and oxygen atoms in total. The summed E-state index contributed by atoms with van der Waals surface area (Å²) in [6.45, 7) is 5.36. The Morgan fingerprint density at radius 3 is 2.78 bits per heavy atom. The fourth-order valence-corrected chi connectivity index (χ4v) is 2.13. The number of carbonyl (C=O) groups is 1. The molecule has 1 aromatic rings. The number of ether oxygens (including phenoxy) is 1. The Hall–Kier alpha value is -1.26. The minimum absolute atomic E-state index is 0.370. The van der Waals surface area contributed by atoms with E-state index in [1.54, 1.807) is 39.0 Å². The molecule has 1 atom stereocenters. The Labute approximate surface area is 111 Å². The van der Waals surface area contributed by atoms with E-state index in [9.17, 15) is 9.90 Å². The maximum absolute atomic E-state index is 12.0. The first kappa shape index (κ1) is 13.2. The topological polar surface area (TPSA) is 49.8 Å². The first-order valence-corrected chi connectivity index (χ1v) is 6.14. The highest BCUT2D eigenvalue weighted by atomic mass is 35.5. The van der Waals surface area contributed by atoms with E-state index < -0.39 is 17.9 Å². The Balaban J connectivity index is 2.28. The van der Waals surface area contributed by atoms with Gasteiger partial charge in [-0.2, -0.15) is 0 Å². The minimum atomic E-state index is -0.895. The third kappa shape index (κ3) is 2.60. The van der Waals surface area contributed by atoms with E-state index in [1.807, 2.05) is 0 Å². The van der Waals surface area contributed by atoms with Gasteiger partial charge in [0.2, 0.25) is 0 Å². The molecule has 0 radical (unpaired) electrons. The van der Waals surface area contributed by atoms with Crippen LogP contribution in [0.3, 0.4) is 0 Å². The van der Waals surface area contributed by atoms with Crippen LogP contribution in [-0.2, 0) is 11.2 Å². The summed E-state index contributed by atoms with van der Waals surface area (Å²) in [6, 6.07) is 5.16. The summed E-state index contributed by atoms with van der Waals surface area (Å²) in [5, 5.41) is 10.5. The highest BCUT2D eigenvalue weighted by Gasteiger charge is 2.35. The second-order valence-corrected chi connectivity index (χ2v) is 5.74. The van der Waals surface area contributed by atoms with Crippen molar-refractivity contribution in [3.8, 4) is 0 Å². The van der Waals surface area contributed by atoms with Gasteiger partial charge in [-0.1, -0.05) is 11.6 Å². The number of aliphatic hydroxyl groups excluding tert-OH is 1. The second kappa shape index (κ2) is 4.44. The highest BCUT2D eigenvalue weighted by molar-refractivity contribution is 6.30. The van der Waals surface area contributed by atoms with Crippen LogP contribution in [0.15, 0.2) is 18.2 Å². The number of hydrogen-bond donors (Lipinski definition) is 1. The average molecular weight is 270 g/mol. The van der Waals surface area contributed by atoms with Crippen LogP contribution in [0.5, 0.6) is 0 Å². The molecule has 1 N–H and O–H groups in total. The van der Waals surface area contributed by atoms with Gasteiger partial charge in [-0.05, 0) is 44.5 Å². The Morgan fingerprint density at radius 2 is 2.17 bits per heavy atom. The summed E-state index contributed by atoms with van der Waals surface area (Å²) < 4.78 is 5.27. The van der Waals surface area contributed by atoms with Crippen molar-refractivity contribution in [3.05, 3.63) is 28.8 Å². The SMILES string of the molecule is CC(C)(C)OC(=O)N1c2ccc(Cl)cc2CC1O. The van der Waals surface area contributed by atoms with Crippen molar-refractivity contribution >= 4 is 23.4 Å². The van der Waals surface area contributed by atoms with E-state index in [2.05, 4.69) is 0 Å². The Morgan fingerprint density at radius 1 is 1.50 bits per heavy atom. The van der Waals surface area contributed by atoms with E-state index in [-0.39, 0.29) is 0 Å². The van der Waals surface area contributed by atoms with E-state index in [1.165, 1.54) is 4.90 Å². The van der Waals surface area contributed by atoms with Crippen molar-refractivity contribution in [2.45, 2.75) is 39.0 Å². The van der Waals surface area contributed by atoms with Gasteiger partial charge >= 0.3 is 6.09 Å². The molecule has 0 aliphatic carbocycles. The molecule has 1 aliphatic heterocycles. The molecular weight excluding hydrogens is 254 g/mol. The molecule has 1 aromatic carbocycles. The molecule has 18 heavy (non-hydrogen) atoms. The molecule has 1 heterocycles. The summed E-state index contributed by atoms with van der Waals surface area (Å²) in [5.74, 6) is 0. The van der Waals surface area contributed by atoms with Gasteiger partial charge in [0.25, 0.3) is 0 Å². The molecular formula is C13H16ClNO3. The van der Waals surface area contributed by atoms with Gasteiger partial charge in [-0.15, -0.1) is 0 Å². The summed E-state index contributed by atoms with van der Waals surface area (Å²) in [7, 11) is 0. The van der Waals surface area contributed by atoms with Crippen molar-refractivity contribution in [2.24, 2.45) is 0 Å². The number of amides is 1. The van der Waals surface area contributed by atoms with Gasteiger partial charge in [-0.3, -0.25) is 4.90 Å². The zero-order valence-electron chi connectivity index (χ0n) is 10.6. The van der Waals surface area contributed by atoms with Crippen molar-refractivity contribution < 1.29 is 14.6 Å². The Bertz CT molecular complexity index is 482. The van der Waals surface area contributed by atoms with Crippen LogP contribution < -0.4 is 4.90 Å². The third-order valence-corrected chi connectivity index (χ3v) is 2.83. The van der Waals surface area contributed by atoms with Crippen molar-refractivity contribution in [1.29, 1.82) is 0 Å². The van der Waals surface area contributed by atoms with Crippen LogP contribution >= 0.6 is 11.6 Å². The molecule has 0 aromatic heterocycles. The molecule has 2 rings (SSSR count). The maximum atomic E-state index is 12.0. The number of aliphatic hydroxyl groups is 1. The number of anilines is 1. The van der Waals surface area contributed by atoms with Crippen molar-refractivity contribution in [2.75, 3.05) is 4.90 Å². The van der Waals surface area contributed by atoms with Crippen molar-refractivity contribution in [1.82, 2.24) is 0 Å². The number of halogens is 1. The second-order valence-electron chi connectivity index (χ2n) is 5.31. The molecule has 1 amide bonds. The van der Waals surface area contributed by atoms with Crippen LogP contribution in [0.4, 0.5) is 10.5 Å². The summed E-state index contributed by atoms with van der Waals surface area (Å²) in [4.78, 5) is 13.3. The lowest BCUT2D eigenvalue weighted by Crippen LogP contribution is -2.41. The molecule has 5 heteroatoms. The number of hydrogen-bond acceptors (Lipinski definition) is 3. The average Bonchev–Trinajstić information content (AvgIpc) is 2.50. The molecule has 0 spiro atoms. The maximum Gasteiger partial charge on any atom is 0.416 e. The summed E-state index contributed by atoms with van der Waals surface area (Å²) in [5.41, 5.74) is 0.911. The van der Waals surface area contributed by atoms with Crippen LogP contribution in [0.25, 0.3) is 0 Å². The summed E-state index contributed by atoms with van der Waals surface area (Å²) >= 11 is 5.89. The highest BCUT2D eigenvalue weighted by Crippen LogP contribution is 2.34. The zero-order valence-corrected chi connectivity index (χ0v) is 11.4. The Kier molecular flexibility index (Phi) is 3.25. The molecule has 0 saturated heterocycles. The molecule has 0 saturated carbocycles. The fraction of sp³-hybridized carbons (Fsp3) is 0.462. The van der Waals surface area contributed by atoms with Gasteiger partial charge in [0.1, 0.15) is 11.8 Å². The molecule has 1 aliphatic rings. The standard InChI is InChI=1S/C13H16ClNO3/c1-13(2,3)18-12(17)15-10-5-4-9(14)6-8(10)7-11(15)16/h4-6,11,16H,7H2,1-3H3. The molecule has 0 fully saturated rings. The normalized spacial score (nSPS) is 18.7. The van der Waals surface area contributed by atoms with Crippen LogP contribution in [0.2, 0.25) is 5.02 Å². The first-order valence-electron chi connectivity index (χ1n) is 5.76. The van der Waals surface area contributed by atoms with Gasteiger partial charge < -0.3 is 9.84 Å². The van der Waals surface area contributed by atoms with E-state index in [4.69, 9.17) is 16.3 Å². The quantitative estimate of drug-likeness (QED) is 0.788. The predicted molar refractivity (Wildman–Crippen MR) is 69.9 cm³/mol. The third-order valence-electron chi connectivity index (χ3n) is 2.59. The lowest BCUT2D eigenvalue weighted by molar-refractivity contribution is 0.0490. The van der Waals surface area contributed by atoms with E-state index in [0.29, 0.717) is 17.1 Å². The van der Waals surface area contributed by atoms with Crippen LogP contribution in [0.1, 0.15) is 26.3 Å². The van der Waals surface area contributed by atoms with Crippen LogP contribution in [0, 0.1) is 0 Å². The smallest absolute Gasteiger partial charge is 0.416 e. The van der Waals surface area contributed by atoms with Crippen molar-refractivity contribution in [3.63, 3.8) is 0 Å². The molecule has 1 unspecified atom stereocenters. The molecule has 98 valence electrons. The lowest BCUT2D eigenvalue weighted by Gasteiger charge is -2.26.